The summed E-state index contributed by atoms with van der Waals surface area (Å²) in [7, 11) is 0. The molecule has 1 fully saturated rings. The van der Waals surface area contributed by atoms with Crippen LogP contribution in [0.2, 0.25) is 0 Å². The highest BCUT2D eigenvalue weighted by molar-refractivity contribution is 5.96. The van der Waals surface area contributed by atoms with Crippen molar-refractivity contribution in [1.82, 2.24) is 4.90 Å². The van der Waals surface area contributed by atoms with E-state index in [1.165, 1.54) is 5.56 Å². The summed E-state index contributed by atoms with van der Waals surface area (Å²) in [5.74, 6) is -0.554. The molecule has 1 atom stereocenters. The number of carbonyl (C=O) groups is 2. The van der Waals surface area contributed by atoms with Gasteiger partial charge in [-0.1, -0.05) is 48.5 Å². The molecule has 1 aliphatic rings. The molecule has 0 spiro atoms. The first kappa shape index (κ1) is 16.2. The van der Waals surface area contributed by atoms with Crippen molar-refractivity contribution in [2.75, 3.05) is 13.1 Å². The van der Waals surface area contributed by atoms with Crippen LogP contribution in [0.3, 0.4) is 0 Å². The maximum atomic E-state index is 13.0. The molecule has 0 aliphatic carbocycles. The van der Waals surface area contributed by atoms with Gasteiger partial charge >= 0.3 is 0 Å². The lowest BCUT2D eigenvalue weighted by molar-refractivity contribution is -0.123. The molecular weight excluding hydrogens is 300 g/mol. The Hall–Kier alpha value is -2.62. The normalized spacial score (nSPS) is 17.5. The number of carbonyl (C=O) groups excluding carboxylic acids is 2. The minimum absolute atomic E-state index is 0.00696. The van der Waals surface area contributed by atoms with Gasteiger partial charge < -0.3 is 10.6 Å². The van der Waals surface area contributed by atoms with Crippen LogP contribution in [0.25, 0.3) is 0 Å². The first-order valence-corrected chi connectivity index (χ1v) is 8.35. The molecule has 0 radical (unpaired) electrons. The minimum Gasteiger partial charge on any atom is -0.369 e. The second-order valence-electron chi connectivity index (χ2n) is 6.31. The quantitative estimate of drug-likeness (QED) is 0.940. The molecule has 4 heteroatoms. The number of amides is 2. The van der Waals surface area contributed by atoms with Gasteiger partial charge in [-0.25, -0.2) is 0 Å². The Morgan fingerprint density at radius 2 is 1.75 bits per heavy atom. The highest BCUT2D eigenvalue weighted by Gasteiger charge is 2.28. The summed E-state index contributed by atoms with van der Waals surface area (Å²) in [5, 5.41) is 0. The zero-order chi connectivity index (χ0) is 16.9. The van der Waals surface area contributed by atoms with E-state index in [9.17, 15) is 9.59 Å². The van der Waals surface area contributed by atoms with E-state index in [1.54, 1.807) is 4.90 Å². The summed E-state index contributed by atoms with van der Waals surface area (Å²) in [6.45, 7) is 1.11. The van der Waals surface area contributed by atoms with Crippen molar-refractivity contribution in [2.24, 2.45) is 11.7 Å². The fraction of sp³-hybridized carbons (Fsp3) is 0.300. The third kappa shape index (κ3) is 3.65. The summed E-state index contributed by atoms with van der Waals surface area (Å²) >= 11 is 0. The maximum Gasteiger partial charge on any atom is 0.254 e. The molecule has 0 bridgehead atoms. The SMILES string of the molecule is NC(=O)[C@H]1CCCN(C(=O)c2ccccc2Cc2ccccc2)C1. The van der Waals surface area contributed by atoms with Crippen LogP contribution < -0.4 is 5.73 Å². The average molecular weight is 322 g/mol. The second-order valence-corrected chi connectivity index (χ2v) is 6.31. The molecule has 0 unspecified atom stereocenters. The molecular formula is C20H22N2O2. The Morgan fingerprint density at radius 1 is 1.04 bits per heavy atom. The van der Waals surface area contributed by atoms with Crippen molar-refractivity contribution < 1.29 is 9.59 Å². The smallest absolute Gasteiger partial charge is 0.254 e. The first-order valence-electron chi connectivity index (χ1n) is 8.35. The molecule has 2 N–H and O–H groups in total. The third-order valence-electron chi connectivity index (χ3n) is 4.60. The van der Waals surface area contributed by atoms with Gasteiger partial charge in [-0.3, -0.25) is 9.59 Å². The second kappa shape index (κ2) is 7.30. The molecule has 2 aromatic carbocycles. The standard InChI is InChI=1S/C20H22N2O2/c21-19(23)17-10-6-12-22(14-17)20(24)18-11-5-4-9-16(18)13-15-7-2-1-3-8-15/h1-5,7-9,11,17H,6,10,12-14H2,(H2,21,23)/t17-/m0/s1. The molecule has 1 aliphatic heterocycles. The summed E-state index contributed by atoms with van der Waals surface area (Å²) < 4.78 is 0. The Morgan fingerprint density at radius 3 is 2.50 bits per heavy atom. The predicted octanol–water partition coefficient (Wildman–Crippen LogP) is 2.61. The van der Waals surface area contributed by atoms with Crippen molar-refractivity contribution in [3.05, 3.63) is 71.3 Å². The van der Waals surface area contributed by atoms with Gasteiger partial charge in [0.1, 0.15) is 0 Å². The lowest BCUT2D eigenvalue weighted by atomic mass is 9.95. The number of nitrogens with zero attached hydrogens (tertiary/aromatic N) is 1. The lowest BCUT2D eigenvalue weighted by Crippen LogP contribution is -2.44. The van der Waals surface area contributed by atoms with Crippen LogP contribution in [0.4, 0.5) is 0 Å². The highest BCUT2D eigenvalue weighted by atomic mass is 16.2. The zero-order valence-corrected chi connectivity index (χ0v) is 13.7. The Kier molecular flexibility index (Phi) is 4.94. The molecule has 3 rings (SSSR count). The summed E-state index contributed by atoms with van der Waals surface area (Å²) in [5.41, 5.74) is 8.32. The molecule has 2 aromatic rings. The summed E-state index contributed by atoms with van der Waals surface area (Å²) in [4.78, 5) is 26.2. The number of hydrogen-bond acceptors (Lipinski definition) is 2. The van der Waals surface area contributed by atoms with Gasteiger partial charge in [-0.2, -0.15) is 0 Å². The predicted molar refractivity (Wildman–Crippen MR) is 93.5 cm³/mol. The van der Waals surface area contributed by atoms with Crippen LogP contribution in [0, 0.1) is 5.92 Å². The number of benzene rings is 2. The van der Waals surface area contributed by atoms with Crippen molar-refractivity contribution in [3.8, 4) is 0 Å². The molecule has 4 nitrogen and oxygen atoms in total. The van der Waals surface area contributed by atoms with Gasteiger partial charge in [0.15, 0.2) is 0 Å². The number of hydrogen-bond donors (Lipinski definition) is 1. The monoisotopic (exact) mass is 322 g/mol. The van der Waals surface area contributed by atoms with E-state index in [0.29, 0.717) is 18.7 Å². The molecule has 0 aromatic heterocycles. The minimum atomic E-state index is -0.315. The fourth-order valence-electron chi connectivity index (χ4n) is 3.26. The fourth-order valence-corrected chi connectivity index (χ4v) is 3.26. The van der Waals surface area contributed by atoms with Crippen LogP contribution in [0.15, 0.2) is 54.6 Å². The summed E-state index contributed by atoms with van der Waals surface area (Å²) in [6, 6.07) is 17.8. The van der Waals surface area contributed by atoms with Gasteiger partial charge in [-0.05, 0) is 36.5 Å². The van der Waals surface area contributed by atoms with Gasteiger partial charge in [0.2, 0.25) is 5.91 Å². The zero-order valence-electron chi connectivity index (χ0n) is 13.7. The first-order chi connectivity index (χ1) is 11.6. The van der Waals surface area contributed by atoms with Crippen LogP contribution in [0.1, 0.15) is 34.3 Å². The topological polar surface area (TPSA) is 63.4 Å². The number of nitrogens with two attached hydrogens (primary N) is 1. The van der Waals surface area contributed by atoms with E-state index in [4.69, 9.17) is 5.73 Å². The molecule has 124 valence electrons. The molecule has 2 amide bonds. The van der Waals surface area contributed by atoms with E-state index >= 15 is 0 Å². The van der Waals surface area contributed by atoms with Gasteiger partial charge in [-0.15, -0.1) is 0 Å². The van der Waals surface area contributed by atoms with E-state index in [-0.39, 0.29) is 17.7 Å². The molecule has 24 heavy (non-hydrogen) atoms. The third-order valence-corrected chi connectivity index (χ3v) is 4.60. The molecule has 1 heterocycles. The Balaban J connectivity index is 1.81. The maximum absolute atomic E-state index is 13.0. The van der Waals surface area contributed by atoms with Crippen molar-refractivity contribution in [1.29, 1.82) is 0 Å². The van der Waals surface area contributed by atoms with Gasteiger partial charge in [0.05, 0.1) is 5.92 Å². The number of likely N-dealkylation sites (tertiary alicyclic amines) is 1. The highest BCUT2D eigenvalue weighted by Crippen LogP contribution is 2.21. The number of rotatable bonds is 4. The van der Waals surface area contributed by atoms with Gasteiger partial charge in [0, 0.05) is 18.7 Å². The molecule has 1 saturated heterocycles. The Labute approximate surface area is 142 Å². The van der Waals surface area contributed by atoms with E-state index in [0.717, 1.165) is 24.8 Å². The van der Waals surface area contributed by atoms with Crippen LogP contribution >= 0.6 is 0 Å². The van der Waals surface area contributed by atoms with E-state index < -0.39 is 0 Å². The molecule has 0 saturated carbocycles. The number of piperidine rings is 1. The lowest BCUT2D eigenvalue weighted by Gasteiger charge is -2.31. The summed E-state index contributed by atoms with van der Waals surface area (Å²) in [6.07, 6.45) is 2.31. The van der Waals surface area contributed by atoms with Crippen molar-refractivity contribution >= 4 is 11.8 Å². The number of primary amides is 1. The van der Waals surface area contributed by atoms with Gasteiger partial charge in [0.25, 0.3) is 5.91 Å². The van der Waals surface area contributed by atoms with Crippen molar-refractivity contribution in [2.45, 2.75) is 19.3 Å². The average Bonchev–Trinajstić information content (AvgIpc) is 2.62. The van der Waals surface area contributed by atoms with Crippen LogP contribution in [-0.2, 0) is 11.2 Å². The van der Waals surface area contributed by atoms with E-state index in [1.807, 2.05) is 42.5 Å². The Bertz CT molecular complexity index is 727. The van der Waals surface area contributed by atoms with Crippen LogP contribution in [-0.4, -0.2) is 29.8 Å². The van der Waals surface area contributed by atoms with E-state index in [2.05, 4.69) is 12.1 Å². The largest absolute Gasteiger partial charge is 0.369 e. The van der Waals surface area contributed by atoms with Crippen LogP contribution in [0.5, 0.6) is 0 Å². The van der Waals surface area contributed by atoms with Crippen molar-refractivity contribution in [3.63, 3.8) is 0 Å².